The molecule has 110 valence electrons. The Bertz CT molecular complexity index is 482. The number of carbonyl (C=O) groups excluding carboxylic acids is 1. The Morgan fingerprint density at radius 1 is 1.20 bits per heavy atom. The molecule has 20 heavy (non-hydrogen) atoms. The summed E-state index contributed by atoms with van der Waals surface area (Å²) in [5.41, 5.74) is -0.510. The van der Waals surface area contributed by atoms with Crippen molar-refractivity contribution >= 4 is 21.8 Å². The summed E-state index contributed by atoms with van der Waals surface area (Å²) in [6, 6.07) is 2.16. The average molecular weight is 349 g/mol. The zero-order valence-corrected chi connectivity index (χ0v) is 12.4. The van der Waals surface area contributed by atoms with E-state index in [4.69, 9.17) is 5.11 Å². The van der Waals surface area contributed by atoms with Crippen molar-refractivity contribution in [1.29, 1.82) is 0 Å². The largest absolute Gasteiger partial charge is 0.395 e. The van der Waals surface area contributed by atoms with E-state index in [2.05, 4.69) is 15.9 Å². The van der Waals surface area contributed by atoms with Crippen LogP contribution in [0, 0.1) is 11.6 Å². The summed E-state index contributed by atoms with van der Waals surface area (Å²) in [5, 5.41) is 8.84. The van der Waals surface area contributed by atoms with Crippen molar-refractivity contribution in [3.8, 4) is 0 Å². The molecule has 1 aliphatic heterocycles. The summed E-state index contributed by atoms with van der Waals surface area (Å²) in [6.45, 7) is 2.58. The van der Waals surface area contributed by atoms with Gasteiger partial charge in [-0.05, 0) is 12.1 Å². The van der Waals surface area contributed by atoms with E-state index in [1.165, 1.54) is 4.90 Å². The second kappa shape index (κ2) is 6.60. The topological polar surface area (TPSA) is 43.8 Å². The van der Waals surface area contributed by atoms with Crippen LogP contribution in [0.3, 0.4) is 0 Å². The molecule has 1 aromatic rings. The molecule has 1 fully saturated rings. The highest BCUT2D eigenvalue weighted by Gasteiger charge is 2.26. The third kappa shape index (κ3) is 3.34. The standard InChI is InChI=1S/C13H15BrF2N2O2/c14-9-7-10(15)12(11(16)8-9)13(20)18-3-1-17(2-4-18)5-6-19/h7-8,19H,1-6H2. The molecule has 0 unspecified atom stereocenters. The van der Waals surface area contributed by atoms with Gasteiger partial charge >= 0.3 is 0 Å². The SMILES string of the molecule is O=C(c1c(F)cc(Br)cc1F)N1CCN(CCO)CC1. The van der Waals surface area contributed by atoms with Crippen LogP contribution in [0.5, 0.6) is 0 Å². The Morgan fingerprint density at radius 2 is 1.75 bits per heavy atom. The molecule has 7 heteroatoms. The number of benzene rings is 1. The van der Waals surface area contributed by atoms with Crippen LogP contribution in [0.1, 0.15) is 10.4 Å². The zero-order chi connectivity index (χ0) is 14.7. The molecule has 4 nitrogen and oxygen atoms in total. The monoisotopic (exact) mass is 348 g/mol. The lowest BCUT2D eigenvalue weighted by Crippen LogP contribution is -2.49. The smallest absolute Gasteiger partial charge is 0.259 e. The van der Waals surface area contributed by atoms with Gasteiger partial charge in [-0.2, -0.15) is 0 Å². The number of rotatable bonds is 3. The molecule has 0 atom stereocenters. The highest BCUT2D eigenvalue weighted by molar-refractivity contribution is 9.10. The van der Waals surface area contributed by atoms with Crippen LogP contribution in [-0.2, 0) is 0 Å². The molecule has 0 radical (unpaired) electrons. The molecule has 1 heterocycles. The highest BCUT2D eigenvalue weighted by Crippen LogP contribution is 2.21. The molecular weight excluding hydrogens is 334 g/mol. The van der Waals surface area contributed by atoms with Crippen LogP contribution in [0.15, 0.2) is 16.6 Å². The van der Waals surface area contributed by atoms with Crippen molar-refractivity contribution < 1.29 is 18.7 Å². The molecule has 1 saturated heterocycles. The second-order valence-corrected chi connectivity index (χ2v) is 5.52. The first-order valence-electron chi connectivity index (χ1n) is 6.30. The van der Waals surface area contributed by atoms with Gasteiger partial charge in [-0.15, -0.1) is 0 Å². The van der Waals surface area contributed by atoms with Crippen molar-refractivity contribution in [1.82, 2.24) is 9.80 Å². The third-order valence-electron chi connectivity index (χ3n) is 3.30. The molecular formula is C13H15BrF2N2O2. The fourth-order valence-electron chi connectivity index (χ4n) is 2.22. The number of nitrogens with zero attached hydrogens (tertiary/aromatic N) is 2. The molecule has 1 amide bonds. The van der Waals surface area contributed by atoms with Crippen molar-refractivity contribution in [2.24, 2.45) is 0 Å². The number of aliphatic hydroxyl groups is 1. The van der Waals surface area contributed by atoms with Gasteiger partial charge in [0, 0.05) is 37.2 Å². The van der Waals surface area contributed by atoms with Crippen LogP contribution < -0.4 is 0 Å². The van der Waals surface area contributed by atoms with Crippen LogP contribution in [0.25, 0.3) is 0 Å². The Morgan fingerprint density at radius 3 is 2.25 bits per heavy atom. The van der Waals surface area contributed by atoms with Crippen molar-refractivity contribution in [3.05, 3.63) is 33.8 Å². The summed E-state index contributed by atoms with van der Waals surface area (Å²) >= 11 is 2.98. The number of β-amino-alcohol motifs (C(OH)–C–C–N with tert-alkyl or cyclic N) is 1. The maximum absolute atomic E-state index is 13.8. The minimum Gasteiger partial charge on any atom is -0.395 e. The Labute approximate surface area is 124 Å². The third-order valence-corrected chi connectivity index (χ3v) is 3.75. The molecule has 0 aliphatic carbocycles. The van der Waals surface area contributed by atoms with Gasteiger partial charge in [-0.3, -0.25) is 9.69 Å². The number of piperazine rings is 1. The number of halogens is 3. The average Bonchev–Trinajstić information content (AvgIpc) is 2.38. The molecule has 0 spiro atoms. The molecule has 0 bridgehead atoms. The molecule has 1 aliphatic rings. The normalized spacial score (nSPS) is 16.5. The predicted octanol–water partition coefficient (Wildman–Crippen LogP) is 1.48. The minimum absolute atomic E-state index is 0.0594. The molecule has 0 aromatic heterocycles. The van der Waals surface area contributed by atoms with Crippen molar-refractivity contribution in [3.63, 3.8) is 0 Å². The van der Waals surface area contributed by atoms with Gasteiger partial charge in [0.25, 0.3) is 5.91 Å². The van der Waals surface area contributed by atoms with Gasteiger partial charge in [-0.25, -0.2) is 8.78 Å². The summed E-state index contributed by atoms with van der Waals surface area (Å²) in [7, 11) is 0. The first kappa shape index (κ1) is 15.3. The van der Waals surface area contributed by atoms with E-state index in [9.17, 15) is 13.6 Å². The lowest BCUT2D eigenvalue weighted by Gasteiger charge is -2.34. The van der Waals surface area contributed by atoms with Gasteiger partial charge in [0.15, 0.2) is 0 Å². The number of aliphatic hydroxyl groups excluding tert-OH is 1. The summed E-state index contributed by atoms with van der Waals surface area (Å²) in [4.78, 5) is 15.6. The first-order valence-corrected chi connectivity index (χ1v) is 7.09. The first-order chi connectivity index (χ1) is 9.52. The highest BCUT2D eigenvalue weighted by atomic mass is 79.9. The second-order valence-electron chi connectivity index (χ2n) is 4.60. The van der Waals surface area contributed by atoms with E-state index in [1.54, 1.807) is 0 Å². The molecule has 2 rings (SSSR count). The van der Waals surface area contributed by atoms with Gasteiger partial charge in [0.2, 0.25) is 0 Å². The molecule has 1 N–H and O–H groups in total. The summed E-state index contributed by atoms with van der Waals surface area (Å²) < 4.78 is 27.8. The van der Waals surface area contributed by atoms with Crippen LogP contribution in [0.2, 0.25) is 0 Å². The number of hydrogen-bond acceptors (Lipinski definition) is 3. The fraction of sp³-hybridized carbons (Fsp3) is 0.462. The zero-order valence-electron chi connectivity index (χ0n) is 10.8. The van der Waals surface area contributed by atoms with E-state index in [1.807, 2.05) is 4.90 Å². The molecule has 1 aromatic carbocycles. The van der Waals surface area contributed by atoms with Crippen LogP contribution in [0.4, 0.5) is 8.78 Å². The Kier molecular flexibility index (Phi) is 5.06. The van der Waals surface area contributed by atoms with E-state index in [0.29, 0.717) is 32.7 Å². The van der Waals surface area contributed by atoms with Gasteiger partial charge in [0.1, 0.15) is 17.2 Å². The number of amides is 1. The lowest BCUT2D eigenvalue weighted by atomic mass is 10.1. The van der Waals surface area contributed by atoms with E-state index >= 15 is 0 Å². The maximum atomic E-state index is 13.8. The van der Waals surface area contributed by atoms with Crippen molar-refractivity contribution in [2.45, 2.75) is 0 Å². The van der Waals surface area contributed by atoms with Crippen LogP contribution in [-0.4, -0.2) is 60.1 Å². The summed E-state index contributed by atoms with van der Waals surface area (Å²) in [5.74, 6) is -2.35. The van der Waals surface area contributed by atoms with E-state index in [0.717, 1.165) is 12.1 Å². The van der Waals surface area contributed by atoms with Crippen molar-refractivity contribution in [2.75, 3.05) is 39.3 Å². The lowest BCUT2D eigenvalue weighted by molar-refractivity contribution is 0.0606. The number of hydrogen-bond donors (Lipinski definition) is 1. The van der Waals surface area contributed by atoms with E-state index < -0.39 is 23.1 Å². The van der Waals surface area contributed by atoms with E-state index in [-0.39, 0.29) is 11.1 Å². The minimum atomic E-state index is -0.861. The Hall–Kier alpha value is -1.05. The van der Waals surface area contributed by atoms with Gasteiger partial charge in [-0.1, -0.05) is 15.9 Å². The predicted molar refractivity (Wildman–Crippen MR) is 73.5 cm³/mol. The maximum Gasteiger partial charge on any atom is 0.259 e. The van der Waals surface area contributed by atoms with Gasteiger partial charge < -0.3 is 10.0 Å². The summed E-state index contributed by atoms with van der Waals surface area (Å²) in [6.07, 6.45) is 0. The molecule has 0 saturated carbocycles. The number of carbonyl (C=O) groups is 1. The van der Waals surface area contributed by atoms with Crippen LogP contribution >= 0.6 is 15.9 Å². The fourth-order valence-corrected chi connectivity index (χ4v) is 2.62. The Balaban J connectivity index is 2.10. The quantitative estimate of drug-likeness (QED) is 0.899. The van der Waals surface area contributed by atoms with Gasteiger partial charge in [0.05, 0.1) is 6.61 Å².